The highest BCUT2D eigenvalue weighted by atomic mass is 19.1. The number of likely N-dealkylation sites (tertiary alicyclic amines) is 1. The number of ether oxygens (including phenoxy) is 1. The van der Waals surface area contributed by atoms with Crippen LogP contribution in [0.2, 0.25) is 0 Å². The van der Waals surface area contributed by atoms with Gasteiger partial charge < -0.3 is 20.3 Å². The molecule has 0 aromatic heterocycles. The molecule has 0 spiro atoms. The van der Waals surface area contributed by atoms with Crippen LogP contribution in [0, 0.1) is 11.7 Å². The zero-order chi connectivity index (χ0) is 19.2. The Morgan fingerprint density at radius 1 is 1.37 bits per heavy atom. The minimum absolute atomic E-state index is 0.0453. The molecule has 2 N–H and O–H groups in total. The van der Waals surface area contributed by atoms with Crippen LogP contribution in [0.4, 0.5) is 4.39 Å². The van der Waals surface area contributed by atoms with Gasteiger partial charge in [-0.05, 0) is 76.7 Å². The second-order valence-electron chi connectivity index (χ2n) is 7.81. The molecule has 1 saturated heterocycles. The van der Waals surface area contributed by atoms with Crippen molar-refractivity contribution in [3.63, 3.8) is 0 Å². The minimum Gasteiger partial charge on any atom is -0.490 e. The van der Waals surface area contributed by atoms with Crippen LogP contribution in [0.3, 0.4) is 0 Å². The van der Waals surface area contributed by atoms with E-state index < -0.39 is 0 Å². The fourth-order valence-corrected chi connectivity index (χ4v) is 3.41. The van der Waals surface area contributed by atoms with E-state index in [9.17, 15) is 4.39 Å². The van der Waals surface area contributed by atoms with Gasteiger partial charge in [-0.3, -0.25) is 4.99 Å². The third-order valence-electron chi connectivity index (χ3n) is 5.46. The summed E-state index contributed by atoms with van der Waals surface area (Å²) in [4.78, 5) is 7.11. The highest BCUT2D eigenvalue weighted by molar-refractivity contribution is 5.80. The standard InChI is InChI=1S/C21H33FN4O/c1-4-23-21(24-13-18-6-5-11-26(18)3)25-15(2)17-9-10-20(19(22)12-17)27-14-16-7-8-16/h9-10,12,15-16,18H,4-8,11,13-14H2,1-3H3,(H2,23,24,25). The van der Waals surface area contributed by atoms with E-state index in [1.165, 1.54) is 25.7 Å². The quantitative estimate of drug-likeness (QED) is 0.540. The second-order valence-corrected chi connectivity index (χ2v) is 7.81. The van der Waals surface area contributed by atoms with Crippen molar-refractivity contribution in [1.29, 1.82) is 0 Å². The number of aliphatic imine (C=N–C) groups is 1. The van der Waals surface area contributed by atoms with Gasteiger partial charge in [-0.15, -0.1) is 0 Å². The summed E-state index contributed by atoms with van der Waals surface area (Å²) >= 11 is 0. The van der Waals surface area contributed by atoms with Gasteiger partial charge in [-0.2, -0.15) is 0 Å². The van der Waals surface area contributed by atoms with Crippen molar-refractivity contribution in [3.05, 3.63) is 29.6 Å². The topological polar surface area (TPSA) is 48.9 Å². The Balaban J connectivity index is 1.58. The molecule has 0 bridgehead atoms. The molecule has 2 fully saturated rings. The molecule has 150 valence electrons. The Morgan fingerprint density at radius 3 is 2.81 bits per heavy atom. The van der Waals surface area contributed by atoms with Gasteiger partial charge in [-0.1, -0.05) is 6.07 Å². The summed E-state index contributed by atoms with van der Waals surface area (Å²) in [5.74, 6) is 1.45. The molecule has 6 heteroatoms. The van der Waals surface area contributed by atoms with Crippen LogP contribution < -0.4 is 15.4 Å². The lowest BCUT2D eigenvalue weighted by molar-refractivity contribution is 0.285. The highest BCUT2D eigenvalue weighted by Crippen LogP contribution is 2.30. The van der Waals surface area contributed by atoms with Crippen molar-refractivity contribution < 1.29 is 9.13 Å². The molecule has 2 aliphatic rings. The Morgan fingerprint density at radius 2 is 2.19 bits per heavy atom. The average Bonchev–Trinajstić information content (AvgIpc) is 3.39. The van der Waals surface area contributed by atoms with Crippen molar-refractivity contribution in [2.24, 2.45) is 10.9 Å². The molecule has 1 aromatic rings. The van der Waals surface area contributed by atoms with Crippen molar-refractivity contribution in [3.8, 4) is 5.75 Å². The van der Waals surface area contributed by atoms with Gasteiger partial charge >= 0.3 is 0 Å². The number of nitrogens with zero attached hydrogens (tertiary/aromatic N) is 2. The summed E-state index contributed by atoms with van der Waals surface area (Å²) < 4.78 is 19.9. The number of hydrogen-bond donors (Lipinski definition) is 2. The third kappa shape index (κ3) is 5.83. The van der Waals surface area contributed by atoms with Crippen LogP contribution in [0.1, 0.15) is 51.1 Å². The molecular formula is C21H33FN4O. The Kier molecular flexibility index (Phi) is 6.94. The lowest BCUT2D eigenvalue weighted by Crippen LogP contribution is -2.40. The van der Waals surface area contributed by atoms with E-state index in [4.69, 9.17) is 9.73 Å². The fourth-order valence-electron chi connectivity index (χ4n) is 3.41. The summed E-state index contributed by atoms with van der Waals surface area (Å²) in [5.41, 5.74) is 0.884. The largest absolute Gasteiger partial charge is 0.490 e. The van der Waals surface area contributed by atoms with E-state index in [0.29, 0.717) is 24.3 Å². The molecule has 1 aliphatic heterocycles. The summed E-state index contributed by atoms with van der Waals surface area (Å²) in [6, 6.07) is 5.70. The third-order valence-corrected chi connectivity index (χ3v) is 5.46. The lowest BCUT2D eigenvalue weighted by atomic mass is 10.1. The van der Waals surface area contributed by atoms with Gasteiger partial charge in [0.2, 0.25) is 0 Å². The molecule has 1 heterocycles. The van der Waals surface area contributed by atoms with Gasteiger partial charge in [0.1, 0.15) is 0 Å². The maximum absolute atomic E-state index is 14.4. The smallest absolute Gasteiger partial charge is 0.191 e. The average molecular weight is 377 g/mol. The van der Waals surface area contributed by atoms with Crippen LogP contribution >= 0.6 is 0 Å². The maximum Gasteiger partial charge on any atom is 0.191 e. The summed E-state index contributed by atoms with van der Waals surface area (Å²) in [6.07, 6.45) is 4.84. The molecule has 27 heavy (non-hydrogen) atoms. The highest BCUT2D eigenvalue weighted by Gasteiger charge is 2.23. The van der Waals surface area contributed by atoms with Crippen LogP contribution in [0.5, 0.6) is 5.75 Å². The van der Waals surface area contributed by atoms with E-state index in [1.807, 2.05) is 13.0 Å². The maximum atomic E-state index is 14.4. The minimum atomic E-state index is -0.295. The number of halogens is 1. The Labute approximate surface area is 162 Å². The molecule has 2 atom stereocenters. The molecular weight excluding hydrogens is 343 g/mol. The molecule has 3 rings (SSSR count). The molecule has 1 aromatic carbocycles. The van der Waals surface area contributed by atoms with E-state index in [1.54, 1.807) is 12.1 Å². The van der Waals surface area contributed by atoms with Crippen molar-refractivity contribution in [1.82, 2.24) is 15.5 Å². The first kappa shape index (κ1) is 19.9. The zero-order valence-corrected chi connectivity index (χ0v) is 16.8. The molecule has 1 aliphatic carbocycles. The van der Waals surface area contributed by atoms with Gasteiger partial charge in [0.15, 0.2) is 17.5 Å². The number of hydrogen-bond acceptors (Lipinski definition) is 3. The first-order valence-electron chi connectivity index (χ1n) is 10.2. The number of guanidine groups is 1. The molecule has 5 nitrogen and oxygen atoms in total. The molecule has 2 unspecified atom stereocenters. The Hall–Kier alpha value is -1.82. The van der Waals surface area contributed by atoms with Crippen molar-refractivity contribution in [2.45, 2.75) is 51.6 Å². The number of rotatable bonds is 8. The first-order valence-corrected chi connectivity index (χ1v) is 10.2. The zero-order valence-electron chi connectivity index (χ0n) is 16.8. The van der Waals surface area contributed by atoms with Crippen LogP contribution in [0.25, 0.3) is 0 Å². The first-order chi connectivity index (χ1) is 13.1. The predicted molar refractivity (Wildman–Crippen MR) is 108 cm³/mol. The molecule has 0 radical (unpaired) electrons. The van der Waals surface area contributed by atoms with Gasteiger partial charge in [0.05, 0.1) is 19.2 Å². The van der Waals surface area contributed by atoms with Crippen LogP contribution in [0.15, 0.2) is 23.2 Å². The molecule has 0 amide bonds. The van der Waals surface area contributed by atoms with Gasteiger partial charge in [0.25, 0.3) is 0 Å². The van der Waals surface area contributed by atoms with Crippen molar-refractivity contribution in [2.75, 3.05) is 33.3 Å². The number of nitrogens with one attached hydrogen (secondary N) is 2. The Bertz CT molecular complexity index is 647. The monoisotopic (exact) mass is 376 g/mol. The normalized spacial score (nSPS) is 21.9. The van der Waals surface area contributed by atoms with E-state index in [2.05, 4.69) is 29.5 Å². The number of likely N-dealkylation sites (N-methyl/N-ethyl adjacent to an activating group) is 1. The van der Waals surface area contributed by atoms with Crippen LogP contribution in [-0.4, -0.2) is 50.2 Å². The summed E-state index contributed by atoms with van der Waals surface area (Å²) in [5, 5.41) is 6.68. The van der Waals surface area contributed by atoms with Gasteiger partial charge in [0, 0.05) is 12.6 Å². The molecule has 1 saturated carbocycles. The van der Waals surface area contributed by atoms with Gasteiger partial charge in [-0.25, -0.2) is 4.39 Å². The summed E-state index contributed by atoms with van der Waals surface area (Å²) in [6.45, 7) is 7.41. The second kappa shape index (κ2) is 9.40. The lowest BCUT2D eigenvalue weighted by Gasteiger charge is -2.21. The van der Waals surface area contributed by atoms with E-state index in [-0.39, 0.29) is 11.9 Å². The van der Waals surface area contributed by atoms with Crippen molar-refractivity contribution >= 4 is 5.96 Å². The predicted octanol–water partition coefficient (Wildman–Crippen LogP) is 3.32. The van der Waals surface area contributed by atoms with Crippen LogP contribution in [-0.2, 0) is 0 Å². The SMILES string of the molecule is CCNC(=NCC1CCCN1C)NC(C)c1ccc(OCC2CC2)c(F)c1. The fraction of sp³-hybridized carbons (Fsp3) is 0.667. The number of benzene rings is 1. The summed E-state index contributed by atoms with van der Waals surface area (Å²) in [7, 11) is 2.16. The van der Waals surface area contributed by atoms with E-state index >= 15 is 0 Å². The van der Waals surface area contributed by atoms with E-state index in [0.717, 1.165) is 31.2 Å².